The molecule has 1 aliphatic heterocycles. The van der Waals surface area contributed by atoms with Gasteiger partial charge < -0.3 is 9.22 Å². The van der Waals surface area contributed by atoms with Crippen LogP contribution in [0.2, 0.25) is 0 Å². The van der Waals surface area contributed by atoms with Crippen molar-refractivity contribution < 1.29 is 9.22 Å². The maximum Gasteiger partial charge on any atom is 0.102 e. The van der Waals surface area contributed by atoms with Gasteiger partial charge >= 0.3 is 0 Å². The lowest BCUT2D eigenvalue weighted by atomic mass is 10.0. The quantitative estimate of drug-likeness (QED) is 0.553. The molecule has 3 nitrogen and oxygen atoms in total. The zero-order valence-electron chi connectivity index (χ0n) is 9.09. The minimum absolute atomic E-state index is 0.199. The molecule has 0 aromatic rings. The highest BCUT2D eigenvalue weighted by Crippen LogP contribution is 2.24. The van der Waals surface area contributed by atoms with E-state index in [4.69, 9.17) is 28.3 Å². The van der Waals surface area contributed by atoms with Crippen molar-refractivity contribution in [3.63, 3.8) is 0 Å². The van der Waals surface area contributed by atoms with Crippen LogP contribution >= 0.6 is 23.6 Å². The molecule has 1 aliphatic rings. The highest BCUT2D eigenvalue weighted by atomic mass is 35.5. The van der Waals surface area contributed by atoms with Crippen LogP contribution in [0.15, 0.2) is 0 Å². The monoisotopic (exact) mass is 241 g/mol. The second-order valence-corrected chi connectivity index (χ2v) is 5.73. The molecule has 84 valence electrons. The molecule has 0 atom stereocenters. The van der Waals surface area contributed by atoms with Gasteiger partial charge in [-0.2, -0.15) is 0 Å². The standard InChI is InChI=1S/C9H19Cl2N2O/c1-9(2,12(10)11)8-13(3)4-6-14-7-5-13/h4-8H2,1-3H3/q+1. The van der Waals surface area contributed by atoms with Crippen molar-refractivity contribution in [1.82, 2.24) is 3.94 Å². The zero-order chi connectivity index (χ0) is 10.8. The third-order valence-electron chi connectivity index (χ3n) is 2.78. The van der Waals surface area contributed by atoms with Crippen LogP contribution in [0, 0.1) is 0 Å². The smallest absolute Gasteiger partial charge is 0.102 e. The summed E-state index contributed by atoms with van der Waals surface area (Å²) in [5.74, 6) is 0. The van der Waals surface area contributed by atoms with Crippen LogP contribution in [-0.2, 0) is 4.74 Å². The molecule has 0 saturated carbocycles. The largest absolute Gasteiger partial charge is 0.370 e. The maximum atomic E-state index is 5.81. The van der Waals surface area contributed by atoms with Crippen molar-refractivity contribution in [1.29, 1.82) is 0 Å². The van der Waals surface area contributed by atoms with E-state index in [2.05, 4.69) is 7.05 Å². The molecular weight excluding hydrogens is 223 g/mol. The average molecular weight is 242 g/mol. The summed E-state index contributed by atoms with van der Waals surface area (Å²) in [5, 5.41) is 0. The van der Waals surface area contributed by atoms with Gasteiger partial charge in [0.1, 0.15) is 13.1 Å². The fourth-order valence-electron chi connectivity index (χ4n) is 1.93. The fourth-order valence-corrected chi connectivity index (χ4v) is 2.04. The average Bonchev–Trinajstić information content (AvgIpc) is 2.03. The minimum Gasteiger partial charge on any atom is -0.370 e. The molecule has 1 fully saturated rings. The Morgan fingerprint density at radius 3 is 2.21 bits per heavy atom. The number of hydrogen-bond acceptors (Lipinski definition) is 2. The number of morpholine rings is 1. The lowest BCUT2D eigenvalue weighted by Crippen LogP contribution is -2.59. The molecule has 0 spiro atoms. The fraction of sp³-hybridized carbons (Fsp3) is 1.00. The van der Waals surface area contributed by atoms with E-state index in [1.165, 1.54) is 3.94 Å². The van der Waals surface area contributed by atoms with Crippen molar-refractivity contribution in [2.24, 2.45) is 0 Å². The van der Waals surface area contributed by atoms with Gasteiger partial charge in [0.05, 0.1) is 32.3 Å². The van der Waals surface area contributed by atoms with E-state index >= 15 is 0 Å². The molecule has 0 amide bonds. The Morgan fingerprint density at radius 1 is 1.29 bits per heavy atom. The first kappa shape index (κ1) is 12.5. The first-order valence-corrected chi connectivity index (χ1v) is 5.56. The van der Waals surface area contributed by atoms with E-state index < -0.39 is 0 Å². The highest BCUT2D eigenvalue weighted by molar-refractivity contribution is 6.34. The van der Waals surface area contributed by atoms with Gasteiger partial charge in [-0.05, 0) is 37.4 Å². The molecule has 0 aromatic carbocycles. The van der Waals surface area contributed by atoms with Crippen molar-refractivity contribution in [2.45, 2.75) is 19.4 Å². The van der Waals surface area contributed by atoms with Crippen molar-refractivity contribution in [3.8, 4) is 0 Å². The van der Waals surface area contributed by atoms with E-state index in [9.17, 15) is 0 Å². The number of nitrogens with zero attached hydrogens (tertiary/aromatic N) is 2. The highest BCUT2D eigenvalue weighted by Gasteiger charge is 2.36. The van der Waals surface area contributed by atoms with E-state index in [0.717, 1.165) is 37.3 Å². The Bertz CT molecular complexity index is 191. The van der Waals surface area contributed by atoms with Crippen LogP contribution in [0.1, 0.15) is 13.8 Å². The topological polar surface area (TPSA) is 12.5 Å². The van der Waals surface area contributed by atoms with E-state index in [1.54, 1.807) is 0 Å². The normalized spacial score (nSPS) is 22.7. The number of rotatable bonds is 3. The summed E-state index contributed by atoms with van der Waals surface area (Å²) in [6.45, 7) is 8.76. The van der Waals surface area contributed by atoms with Gasteiger partial charge in [-0.1, -0.05) is 0 Å². The Labute approximate surface area is 96.3 Å². The first-order valence-electron chi connectivity index (χ1n) is 4.89. The molecule has 0 aromatic heterocycles. The summed E-state index contributed by atoms with van der Waals surface area (Å²) >= 11 is 11.6. The zero-order valence-corrected chi connectivity index (χ0v) is 10.6. The third-order valence-corrected chi connectivity index (χ3v) is 3.69. The van der Waals surface area contributed by atoms with E-state index in [-0.39, 0.29) is 5.54 Å². The predicted octanol–water partition coefficient (Wildman–Crippen LogP) is 1.85. The molecule has 0 unspecified atom stereocenters. The molecule has 0 bridgehead atoms. The molecule has 14 heavy (non-hydrogen) atoms. The summed E-state index contributed by atoms with van der Waals surface area (Å²) < 4.78 is 7.58. The predicted molar refractivity (Wildman–Crippen MR) is 59.2 cm³/mol. The molecule has 1 rings (SSSR count). The lowest BCUT2D eigenvalue weighted by Gasteiger charge is -2.43. The van der Waals surface area contributed by atoms with Gasteiger partial charge in [0.25, 0.3) is 0 Å². The van der Waals surface area contributed by atoms with Crippen LogP contribution in [0.5, 0.6) is 0 Å². The molecule has 0 aliphatic carbocycles. The first-order chi connectivity index (χ1) is 6.36. The van der Waals surface area contributed by atoms with Crippen molar-refractivity contribution >= 4 is 23.6 Å². The number of likely N-dealkylation sites (N-methyl/N-ethyl adjacent to an activating group) is 1. The van der Waals surface area contributed by atoms with Crippen molar-refractivity contribution in [2.75, 3.05) is 39.9 Å². The summed E-state index contributed by atoms with van der Waals surface area (Å²) in [4.78, 5) is 0. The summed E-state index contributed by atoms with van der Waals surface area (Å²) in [6.07, 6.45) is 0. The maximum absolute atomic E-state index is 5.81. The third kappa shape index (κ3) is 3.24. The lowest BCUT2D eigenvalue weighted by molar-refractivity contribution is -0.920. The number of quaternary nitrogens is 1. The number of halogens is 2. The van der Waals surface area contributed by atoms with Crippen LogP contribution in [0.3, 0.4) is 0 Å². The molecule has 0 radical (unpaired) electrons. The van der Waals surface area contributed by atoms with Gasteiger partial charge in [0.2, 0.25) is 0 Å². The van der Waals surface area contributed by atoms with Gasteiger partial charge in [-0.3, -0.25) is 0 Å². The second kappa shape index (κ2) is 4.54. The van der Waals surface area contributed by atoms with Crippen LogP contribution in [0.25, 0.3) is 0 Å². The Morgan fingerprint density at radius 2 is 1.79 bits per heavy atom. The summed E-state index contributed by atoms with van der Waals surface area (Å²) in [5.41, 5.74) is -0.199. The minimum atomic E-state index is -0.199. The molecule has 5 heteroatoms. The second-order valence-electron chi connectivity index (χ2n) is 4.88. The van der Waals surface area contributed by atoms with Crippen LogP contribution < -0.4 is 0 Å². The Balaban J connectivity index is 2.56. The summed E-state index contributed by atoms with van der Waals surface area (Å²) in [7, 11) is 2.22. The number of hydrogen-bond donors (Lipinski definition) is 0. The van der Waals surface area contributed by atoms with Crippen molar-refractivity contribution in [3.05, 3.63) is 0 Å². The van der Waals surface area contributed by atoms with Gasteiger partial charge in [0.15, 0.2) is 0 Å². The SMILES string of the molecule is CC(C)(C[N+]1(C)CCOCC1)N(Cl)Cl. The molecule has 1 heterocycles. The summed E-state index contributed by atoms with van der Waals surface area (Å²) in [6, 6.07) is 0. The molecule has 0 N–H and O–H groups in total. The number of ether oxygens (including phenoxy) is 1. The van der Waals surface area contributed by atoms with Crippen LogP contribution in [0.4, 0.5) is 0 Å². The van der Waals surface area contributed by atoms with Crippen LogP contribution in [-0.4, -0.2) is 53.9 Å². The van der Waals surface area contributed by atoms with E-state index in [0.29, 0.717) is 0 Å². The van der Waals surface area contributed by atoms with Gasteiger partial charge in [-0.15, -0.1) is 3.94 Å². The molecule has 1 saturated heterocycles. The van der Waals surface area contributed by atoms with Gasteiger partial charge in [0, 0.05) is 0 Å². The Kier molecular flexibility index (Phi) is 4.06. The molecular formula is C9H19Cl2N2O+. The Hall–Kier alpha value is 0.460. The van der Waals surface area contributed by atoms with Gasteiger partial charge in [-0.25, -0.2) is 0 Å². The van der Waals surface area contributed by atoms with E-state index in [1.807, 2.05) is 13.8 Å².